The van der Waals surface area contributed by atoms with Crippen molar-refractivity contribution in [3.05, 3.63) is 99.6 Å². The first-order chi connectivity index (χ1) is 27.1. The predicted octanol–water partition coefficient (Wildman–Crippen LogP) is 8.48. The number of hydrogen-bond acceptors (Lipinski definition) is 14. The van der Waals surface area contributed by atoms with Gasteiger partial charge in [-0.05, 0) is 61.5 Å². The van der Waals surface area contributed by atoms with Crippen LogP contribution in [-0.2, 0) is 45.1 Å². The molecule has 3 N–H and O–H groups in total. The summed E-state index contributed by atoms with van der Waals surface area (Å²) in [6, 6.07) is 12.3. The zero-order valence-corrected chi connectivity index (χ0v) is 33.5. The lowest BCUT2D eigenvalue weighted by atomic mass is 10.1. The fourth-order valence-electron chi connectivity index (χ4n) is 5.66. The maximum atomic E-state index is 13.7. The lowest BCUT2D eigenvalue weighted by molar-refractivity contribution is -0.140. The van der Waals surface area contributed by atoms with Crippen LogP contribution in [0.25, 0.3) is 22.5 Å². The molecule has 306 valence electrons. The molecule has 6 rings (SSSR count). The highest BCUT2D eigenvalue weighted by molar-refractivity contribution is 7.91. The Bertz CT molecular complexity index is 2720. The van der Waals surface area contributed by atoms with Crippen LogP contribution in [0.4, 0.5) is 48.0 Å². The second-order valence-corrected chi connectivity index (χ2v) is 18.6. The second-order valence-electron chi connectivity index (χ2n) is 12.7. The second kappa shape index (κ2) is 16.2. The van der Waals surface area contributed by atoms with E-state index in [1.165, 1.54) is 18.3 Å². The summed E-state index contributed by atoms with van der Waals surface area (Å²) in [6.07, 6.45) is -6.64. The molecule has 0 bridgehead atoms. The van der Waals surface area contributed by atoms with Crippen LogP contribution < -0.4 is 15.4 Å². The van der Waals surface area contributed by atoms with Crippen molar-refractivity contribution in [2.75, 3.05) is 29.8 Å². The van der Waals surface area contributed by atoms with Crippen LogP contribution in [0, 0.1) is 6.92 Å². The number of sulfone groups is 2. The molecule has 0 radical (unpaired) electrons. The Labute approximate surface area is 335 Å². The number of ether oxygens (including phenoxy) is 1. The van der Waals surface area contributed by atoms with Crippen molar-refractivity contribution in [2.45, 2.75) is 42.1 Å². The molecule has 0 aliphatic carbocycles. The maximum Gasteiger partial charge on any atom is 0.417 e. The molecule has 0 fully saturated rings. The largest absolute Gasteiger partial charge is 0.477 e. The number of aryl methyl sites for hydroxylation is 1. The Kier molecular flexibility index (Phi) is 11.9. The average molecular weight is 885 g/mol. The average Bonchev–Trinajstić information content (AvgIpc) is 3.77. The third-order valence-corrected chi connectivity index (χ3v) is 12.2. The molecule has 0 aliphatic rings. The van der Waals surface area contributed by atoms with Gasteiger partial charge in [0.15, 0.2) is 29.9 Å². The van der Waals surface area contributed by atoms with Gasteiger partial charge >= 0.3 is 12.4 Å². The van der Waals surface area contributed by atoms with Crippen molar-refractivity contribution in [1.29, 1.82) is 0 Å². The Morgan fingerprint density at radius 3 is 1.93 bits per heavy atom. The van der Waals surface area contributed by atoms with Crippen LogP contribution in [0.3, 0.4) is 0 Å². The van der Waals surface area contributed by atoms with Gasteiger partial charge in [-0.15, -0.1) is 11.3 Å². The van der Waals surface area contributed by atoms with E-state index in [1.807, 2.05) is 0 Å². The van der Waals surface area contributed by atoms with E-state index in [4.69, 9.17) is 4.74 Å². The summed E-state index contributed by atoms with van der Waals surface area (Å²) >= 11 is 2.12. The van der Waals surface area contributed by atoms with Crippen molar-refractivity contribution in [2.24, 2.45) is 0 Å². The van der Waals surface area contributed by atoms with Crippen LogP contribution >= 0.6 is 22.7 Å². The van der Waals surface area contributed by atoms with E-state index in [0.717, 1.165) is 34.8 Å². The smallest absolute Gasteiger partial charge is 0.417 e. The summed E-state index contributed by atoms with van der Waals surface area (Å²) in [7, 11) is -8.30. The first-order valence-corrected chi connectivity index (χ1v) is 22.1. The van der Waals surface area contributed by atoms with Gasteiger partial charge in [0.05, 0.1) is 50.4 Å². The minimum Gasteiger partial charge on any atom is -0.477 e. The van der Waals surface area contributed by atoms with E-state index in [9.17, 15) is 48.3 Å². The van der Waals surface area contributed by atoms with Gasteiger partial charge in [-0.3, -0.25) is 4.98 Å². The molecular formula is C36H30F6N6O6S4. The van der Waals surface area contributed by atoms with Gasteiger partial charge in [0.1, 0.15) is 0 Å². The standard InChI is InChI=1S/C36H30F6N6O6S4/c1-19-12-21(32-28(17-49)56-34(48-32)46-23-5-7-30(58(3,52)53)26(16-23)36(40,41)42)13-24(44-19)9-11-54-31-14-20(8-10-43-31)27-18-55-33(47-27)45-22-4-6-29(57(2,50)51)25(15-22)35(37,38)39/h4-8,10,12-16,18,49H,9,11,17H2,1-3H3,(H,45,47)(H,46,48). The molecule has 0 spiro atoms. The van der Waals surface area contributed by atoms with Gasteiger partial charge in [-0.2, -0.15) is 26.3 Å². The Balaban J connectivity index is 1.13. The van der Waals surface area contributed by atoms with Crippen LogP contribution in [0.15, 0.2) is 82.0 Å². The lowest BCUT2D eigenvalue weighted by Crippen LogP contribution is -2.13. The first-order valence-electron chi connectivity index (χ1n) is 16.6. The van der Waals surface area contributed by atoms with Gasteiger partial charge in [-0.1, -0.05) is 11.3 Å². The third kappa shape index (κ3) is 10.1. The molecular weight excluding hydrogens is 855 g/mol. The van der Waals surface area contributed by atoms with E-state index in [-0.39, 0.29) is 34.1 Å². The molecule has 0 unspecified atom stereocenters. The van der Waals surface area contributed by atoms with Crippen molar-refractivity contribution < 1.29 is 53.0 Å². The van der Waals surface area contributed by atoms with Crippen molar-refractivity contribution in [1.82, 2.24) is 19.9 Å². The number of nitrogens with one attached hydrogen (secondary N) is 2. The van der Waals surface area contributed by atoms with E-state index in [0.29, 0.717) is 69.8 Å². The summed E-state index contributed by atoms with van der Waals surface area (Å²) in [5, 5.41) is 17.8. The van der Waals surface area contributed by atoms with Gasteiger partial charge in [-0.25, -0.2) is 31.8 Å². The number of aliphatic hydroxyl groups excluding tert-OH is 1. The number of aliphatic hydroxyl groups is 1. The van der Waals surface area contributed by atoms with E-state index in [2.05, 4.69) is 30.6 Å². The highest BCUT2D eigenvalue weighted by Crippen LogP contribution is 2.39. The molecule has 4 heterocycles. The SMILES string of the molecule is Cc1cc(-c2nc(Nc3ccc(S(C)(=O)=O)c(C(F)(F)F)c3)sc2CO)cc(CCOc2cc(-c3csc(Nc4ccc(S(C)(=O)=O)c(C(F)(F)F)c4)n3)ccn2)n1. The molecule has 2 aromatic carbocycles. The van der Waals surface area contributed by atoms with E-state index in [1.54, 1.807) is 36.6 Å². The van der Waals surface area contributed by atoms with Gasteiger partial charge < -0.3 is 20.5 Å². The number of halogens is 6. The number of pyridine rings is 2. The zero-order valence-electron chi connectivity index (χ0n) is 30.2. The summed E-state index contributed by atoms with van der Waals surface area (Å²) in [5.41, 5.74) is 0.531. The van der Waals surface area contributed by atoms with Crippen LogP contribution in [-0.4, -0.2) is 61.0 Å². The van der Waals surface area contributed by atoms with Gasteiger partial charge in [0.2, 0.25) is 5.88 Å². The molecule has 12 nitrogen and oxygen atoms in total. The lowest BCUT2D eigenvalue weighted by Gasteiger charge is -2.13. The number of aromatic nitrogens is 4. The van der Waals surface area contributed by atoms with Crippen LogP contribution in [0.1, 0.15) is 27.4 Å². The molecule has 22 heteroatoms. The fourth-order valence-corrected chi connectivity index (χ4v) is 9.05. The quantitative estimate of drug-likeness (QED) is 0.0946. The highest BCUT2D eigenvalue weighted by Gasteiger charge is 2.37. The first kappa shape index (κ1) is 42.4. The molecule has 0 aliphatic heterocycles. The number of hydrogen-bond donors (Lipinski definition) is 3. The predicted molar refractivity (Wildman–Crippen MR) is 206 cm³/mol. The summed E-state index contributed by atoms with van der Waals surface area (Å²) in [5.74, 6) is 0.245. The normalized spacial score (nSPS) is 12.4. The molecule has 0 saturated heterocycles. The molecule has 4 aromatic heterocycles. The Morgan fingerprint density at radius 1 is 0.759 bits per heavy atom. The number of benzene rings is 2. The number of nitrogens with zero attached hydrogens (tertiary/aromatic N) is 4. The third-order valence-electron chi connectivity index (χ3n) is 8.14. The monoisotopic (exact) mass is 884 g/mol. The van der Waals surface area contributed by atoms with Crippen LogP contribution in [0.5, 0.6) is 5.88 Å². The summed E-state index contributed by atoms with van der Waals surface area (Å²) in [6.45, 7) is 1.45. The Hall–Kier alpha value is -5.16. The molecule has 0 saturated carbocycles. The summed E-state index contributed by atoms with van der Waals surface area (Å²) < 4.78 is 136. The summed E-state index contributed by atoms with van der Waals surface area (Å²) in [4.78, 5) is 16.5. The maximum absolute atomic E-state index is 13.7. The number of rotatable bonds is 13. The zero-order chi connectivity index (χ0) is 42.2. The van der Waals surface area contributed by atoms with Gasteiger partial charge in [0.25, 0.3) is 0 Å². The Morgan fingerprint density at radius 2 is 1.36 bits per heavy atom. The van der Waals surface area contributed by atoms with Crippen LogP contribution in [0.2, 0.25) is 0 Å². The minimum absolute atomic E-state index is 0.00597. The van der Waals surface area contributed by atoms with Crippen molar-refractivity contribution in [3.63, 3.8) is 0 Å². The van der Waals surface area contributed by atoms with Crippen molar-refractivity contribution >= 4 is 64.0 Å². The highest BCUT2D eigenvalue weighted by atomic mass is 32.2. The van der Waals surface area contributed by atoms with Crippen molar-refractivity contribution in [3.8, 4) is 28.4 Å². The molecule has 0 amide bonds. The number of thiazole rings is 2. The fraction of sp³-hybridized carbons (Fsp3) is 0.222. The molecule has 6 aromatic rings. The van der Waals surface area contributed by atoms with Gasteiger partial charge in [0, 0.05) is 70.5 Å². The number of anilines is 4. The topological polar surface area (TPSA) is 173 Å². The minimum atomic E-state index is -4.93. The molecule has 58 heavy (non-hydrogen) atoms. The van der Waals surface area contributed by atoms with E-state index >= 15 is 0 Å². The number of alkyl halides is 6. The molecule has 0 atom stereocenters. The van der Waals surface area contributed by atoms with E-state index < -0.39 is 59.6 Å².